The van der Waals surface area contributed by atoms with E-state index in [4.69, 9.17) is 10.8 Å². The highest BCUT2D eigenvalue weighted by molar-refractivity contribution is 9.10. The van der Waals surface area contributed by atoms with Gasteiger partial charge in [0.2, 0.25) is 0 Å². The monoisotopic (exact) mass is 242 g/mol. The third kappa shape index (κ3) is 2.29. The van der Waals surface area contributed by atoms with E-state index in [1.165, 1.54) is 6.20 Å². The molecule has 1 aromatic heterocycles. The summed E-state index contributed by atoms with van der Waals surface area (Å²) in [6.07, 6.45) is 2.53. The third-order valence-corrected chi connectivity index (χ3v) is 1.89. The molecule has 0 fully saturated rings. The third-order valence-electron chi connectivity index (χ3n) is 1.40. The van der Waals surface area contributed by atoms with E-state index in [1.807, 2.05) is 0 Å². The van der Waals surface area contributed by atoms with Crippen molar-refractivity contribution in [3.05, 3.63) is 34.7 Å². The van der Waals surface area contributed by atoms with Crippen molar-refractivity contribution in [3.8, 4) is 0 Å². The maximum Gasteiger partial charge on any atom is 0.339 e. The molecule has 0 aromatic carbocycles. The summed E-state index contributed by atoms with van der Waals surface area (Å²) in [5, 5.41) is 8.71. The summed E-state index contributed by atoms with van der Waals surface area (Å²) in [5.41, 5.74) is 5.48. The molecule has 1 aromatic rings. The lowest BCUT2D eigenvalue weighted by Crippen LogP contribution is -2.03. The second-order valence-corrected chi connectivity index (χ2v) is 3.16. The van der Waals surface area contributed by atoms with E-state index in [9.17, 15) is 4.79 Å². The second kappa shape index (κ2) is 4.04. The van der Waals surface area contributed by atoms with Crippen molar-refractivity contribution in [1.82, 2.24) is 4.98 Å². The molecule has 0 aliphatic heterocycles. The highest BCUT2D eigenvalue weighted by Crippen LogP contribution is 2.15. The SMILES string of the molecule is N/C=C(/C(=O)O)c1cc(Br)ccn1. The molecular formula is C8H7BrN2O2. The van der Waals surface area contributed by atoms with Crippen LogP contribution in [-0.4, -0.2) is 16.1 Å². The number of pyridine rings is 1. The summed E-state index contributed by atoms with van der Waals surface area (Å²) >= 11 is 3.21. The van der Waals surface area contributed by atoms with Crippen LogP contribution in [0.4, 0.5) is 0 Å². The molecule has 0 aliphatic carbocycles. The van der Waals surface area contributed by atoms with E-state index >= 15 is 0 Å². The standard InChI is InChI=1S/C8H7BrN2O2/c9-5-1-2-11-7(3-5)6(4-10)8(12)13/h1-4H,10H2,(H,12,13)/b6-4+. The predicted molar refractivity (Wildman–Crippen MR) is 51.7 cm³/mol. The van der Waals surface area contributed by atoms with Gasteiger partial charge in [-0.15, -0.1) is 0 Å². The minimum absolute atomic E-state index is 0.0127. The van der Waals surface area contributed by atoms with E-state index in [-0.39, 0.29) is 5.57 Å². The number of hydrogen-bond donors (Lipinski definition) is 2. The van der Waals surface area contributed by atoms with Crippen LogP contribution < -0.4 is 5.73 Å². The zero-order valence-corrected chi connectivity index (χ0v) is 8.15. The van der Waals surface area contributed by atoms with Crippen molar-refractivity contribution in [1.29, 1.82) is 0 Å². The number of aliphatic carboxylic acids is 1. The molecule has 0 saturated carbocycles. The smallest absolute Gasteiger partial charge is 0.339 e. The Morgan fingerprint density at radius 2 is 2.38 bits per heavy atom. The van der Waals surface area contributed by atoms with Gasteiger partial charge in [-0.3, -0.25) is 4.98 Å². The summed E-state index contributed by atoms with van der Waals surface area (Å²) in [7, 11) is 0. The molecule has 4 nitrogen and oxygen atoms in total. The number of nitrogens with zero attached hydrogens (tertiary/aromatic N) is 1. The van der Waals surface area contributed by atoms with Crippen molar-refractivity contribution in [2.24, 2.45) is 5.73 Å². The zero-order valence-electron chi connectivity index (χ0n) is 6.57. The van der Waals surface area contributed by atoms with Crippen LogP contribution in [0.3, 0.4) is 0 Å². The Morgan fingerprint density at radius 1 is 1.69 bits per heavy atom. The maximum atomic E-state index is 10.6. The van der Waals surface area contributed by atoms with Crippen molar-refractivity contribution in [3.63, 3.8) is 0 Å². The molecule has 0 aliphatic rings. The number of rotatable bonds is 2. The molecule has 13 heavy (non-hydrogen) atoms. The molecule has 1 rings (SSSR count). The first-order valence-electron chi connectivity index (χ1n) is 3.42. The van der Waals surface area contributed by atoms with Crippen LogP contribution in [0.15, 0.2) is 29.0 Å². The first kappa shape index (κ1) is 9.73. The Kier molecular flexibility index (Phi) is 3.02. The summed E-state index contributed by atoms with van der Waals surface area (Å²) < 4.78 is 0.762. The largest absolute Gasteiger partial charge is 0.478 e. The van der Waals surface area contributed by atoms with E-state index in [1.54, 1.807) is 12.1 Å². The Hall–Kier alpha value is -1.36. The minimum Gasteiger partial charge on any atom is -0.478 e. The molecule has 0 atom stereocenters. The lowest BCUT2D eigenvalue weighted by Gasteiger charge is -1.99. The fraction of sp³-hybridized carbons (Fsp3) is 0. The van der Waals surface area contributed by atoms with Crippen molar-refractivity contribution < 1.29 is 9.90 Å². The Balaban J connectivity index is 3.14. The number of carbonyl (C=O) groups is 1. The summed E-state index contributed by atoms with van der Waals surface area (Å²) in [4.78, 5) is 14.5. The Labute approximate surface area is 83.2 Å². The zero-order chi connectivity index (χ0) is 9.84. The van der Waals surface area contributed by atoms with E-state index < -0.39 is 5.97 Å². The van der Waals surface area contributed by atoms with Crippen molar-refractivity contribution in [2.75, 3.05) is 0 Å². The van der Waals surface area contributed by atoms with Gasteiger partial charge in [-0.1, -0.05) is 15.9 Å². The molecule has 0 amide bonds. The molecule has 0 bridgehead atoms. The fourth-order valence-electron chi connectivity index (χ4n) is 0.818. The lowest BCUT2D eigenvalue weighted by molar-refractivity contribution is -0.130. The van der Waals surface area contributed by atoms with Gasteiger partial charge < -0.3 is 10.8 Å². The number of halogens is 1. The van der Waals surface area contributed by atoms with Gasteiger partial charge in [0.15, 0.2) is 0 Å². The minimum atomic E-state index is -1.09. The predicted octanol–water partition coefficient (Wildman–Crippen LogP) is 1.23. The van der Waals surface area contributed by atoms with Gasteiger partial charge >= 0.3 is 5.97 Å². The molecule has 5 heteroatoms. The summed E-state index contributed by atoms with van der Waals surface area (Å²) in [6, 6.07) is 3.30. The second-order valence-electron chi connectivity index (χ2n) is 2.24. The topological polar surface area (TPSA) is 76.2 Å². The first-order chi connectivity index (χ1) is 6.15. The van der Waals surface area contributed by atoms with Crippen LogP contribution in [0.2, 0.25) is 0 Å². The van der Waals surface area contributed by atoms with Crippen LogP contribution in [-0.2, 0) is 4.79 Å². The molecule has 1 heterocycles. The quantitative estimate of drug-likeness (QED) is 0.766. The number of aromatic nitrogens is 1. The van der Waals surface area contributed by atoms with E-state index in [2.05, 4.69) is 20.9 Å². The molecule has 0 saturated heterocycles. The average Bonchev–Trinajstić information content (AvgIpc) is 2.04. The normalized spacial score (nSPS) is 11.3. The van der Waals surface area contributed by atoms with Crippen LogP contribution in [0.5, 0.6) is 0 Å². The first-order valence-corrected chi connectivity index (χ1v) is 4.21. The molecule has 3 N–H and O–H groups in total. The van der Waals surface area contributed by atoms with Gasteiger partial charge in [-0.2, -0.15) is 0 Å². The summed E-state index contributed by atoms with van der Waals surface area (Å²) in [5.74, 6) is -1.09. The molecule has 0 unspecified atom stereocenters. The highest BCUT2D eigenvalue weighted by atomic mass is 79.9. The van der Waals surface area contributed by atoms with Gasteiger partial charge in [0.25, 0.3) is 0 Å². The van der Waals surface area contributed by atoms with Gasteiger partial charge in [0.1, 0.15) is 5.57 Å². The van der Waals surface area contributed by atoms with Gasteiger partial charge in [-0.25, -0.2) is 4.79 Å². The maximum absolute atomic E-state index is 10.6. The van der Waals surface area contributed by atoms with E-state index in [0.717, 1.165) is 10.7 Å². The number of carboxylic acid groups (broad SMARTS) is 1. The molecule has 0 radical (unpaired) electrons. The number of carboxylic acids is 1. The molecular weight excluding hydrogens is 236 g/mol. The number of nitrogens with two attached hydrogens (primary N) is 1. The van der Waals surface area contributed by atoms with Crippen LogP contribution in [0, 0.1) is 0 Å². The lowest BCUT2D eigenvalue weighted by atomic mass is 10.2. The fourth-order valence-corrected chi connectivity index (χ4v) is 1.15. The van der Waals surface area contributed by atoms with Crippen LogP contribution in [0.1, 0.15) is 5.69 Å². The summed E-state index contributed by atoms with van der Waals surface area (Å²) in [6.45, 7) is 0. The van der Waals surface area contributed by atoms with Gasteiger partial charge in [-0.05, 0) is 12.1 Å². The van der Waals surface area contributed by atoms with Crippen LogP contribution in [0.25, 0.3) is 5.57 Å². The van der Waals surface area contributed by atoms with Crippen molar-refractivity contribution in [2.45, 2.75) is 0 Å². The highest BCUT2D eigenvalue weighted by Gasteiger charge is 2.10. The van der Waals surface area contributed by atoms with Crippen LogP contribution >= 0.6 is 15.9 Å². The Morgan fingerprint density at radius 3 is 2.85 bits per heavy atom. The van der Waals surface area contributed by atoms with Crippen molar-refractivity contribution >= 4 is 27.5 Å². The molecule has 0 spiro atoms. The molecule has 68 valence electrons. The Bertz CT molecular complexity index is 363. The van der Waals surface area contributed by atoms with Gasteiger partial charge in [0, 0.05) is 16.9 Å². The average molecular weight is 243 g/mol. The van der Waals surface area contributed by atoms with E-state index in [0.29, 0.717) is 5.69 Å². The number of hydrogen-bond acceptors (Lipinski definition) is 3. The van der Waals surface area contributed by atoms with Gasteiger partial charge in [0.05, 0.1) is 5.69 Å².